The standard InChI is InChI=1S/C23H30N2O3/c1-4-8-22(26)25(17-20-11-13-21(28-3)14-12-20)18(2)23(27)24-16-15-19-9-6-5-7-10-19/h5-7,9-14,18H,4,8,15-17H2,1-3H3,(H,24,27). The van der Waals surface area contributed by atoms with Crippen LogP contribution in [0, 0.1) is 0 Å². The molecule has 28 heavy (non-hydrogen) atoms. The first-order valence-corrected chi connectivity index (χ1v) is 9.79. The molecule has 0 radical (unpaired) electrons. The fourth-order valence-corrected chi connectivity index (χ4v) is 2.99. The number of carbonyl (C=O) groups excluding carboxylic acids is 2. The number of methoxy groups -OCH3 is 1. The molecule has 5 heteroatoms. The molecule has 0 spiro atoms. The second-order valence-electron chi connectivity index (χ2n) is 6.82. The van der Waals surface area contributed by atoms with Gasteiger partial charge in [0.1, 0.15) is 11.8 Å². The number of hydrogen-bond acceptors (Lipinski definition) is 3. The van der Waals surface area contributed by atoms with Gasteiger partial charge in [0.05, 0.1) is 7.11 Å². The zero-order chi connectivity index (χ0) is 20.4. The van der Waals surface area contributed by atoms with Crippen LogP contribution in [0.2, 0.25) is 0 Å². The molecule has 0 aliphatic carbocycles. The zero-order valence-corrected chi connectivity index (χ0v) is 17.0. The van der Waals surface area contributed by atoms with E-state index in [1.807, 2.05) is 61.5 Å². The van der Waals surface area contributed by atoms with Crippen molar-refractivity contribution in [1.82, 2.24) is 10.2 Å². The quantitative estimate of drug-likeness (QED) is 0.683. The van der Waals surface area contributed by atoms with Crippen molar-refractivity contribution in [2.24, 2.45) is 0 Å². The average molecular weight is 383 g/mol. The molecular formula is C23H30N2O3. The molecular weight excluding hydrogens is 352 g/mol. The van der Waals surface area contributed by atoms with E-state index in [1.54, 1.807) is 18.9 Å². The number of hydrogen-bond donors (Lipinski definition) is 1. The van der Waals surface area contributed by atoms with Gasteiger partial charge in [-0.05, 0) is 43.0 Å². The minimum Gasteiger partial charge on any atom is -0.497 e. The van der Waals surface area contributed by atoms with Crippen molar-refractivity contribution in [3.8, 4) is 5.75 Å². The number of rotatable bonds is 10. The highest BCUT2D eigenvalue weighted by atomic mass is 16.5. The highest BCUT2D eigenvalue weighted by Crippen LogP contribution is 2.16. The number of nitrogens with zero attached hydrogens (tertiary/aromatic N) is 1. The SMILES string of the molecule is CCCC(=O)N(Cc1ccc(OC)cc1)C(C)C(=O)NCCc1ccccc1. The van der Waals surface area contributed by atoms with Crippen LogP contribution in [0.4, 0.5) is 0 Å². The molecule has 0 heterocycles. The number of nitrogens with one attached hydrogen (secondary N) is 1. The molecule has 0 aliphatic heterocycles. The van der Waals surface area contributed by atoms with Gasteiger partial charge in [-0.3, -0.25) is 9.59 Å². The van der Waals surface area contributed by atoms with Gasteiger partial charge in [0.2, 0.25) is 11.8 Å². The van der Waals surface area contributed by atoms with E-state index in [1.165, 1.54) is 5.56 Å². The van der Waals surface area contributed by atoms with Gasteiger partial charge in [-0.15, -0.1) is 0 Å². The highest BCUT2D eigenvalue weighted by Gasteiger charge is 2.25. The third-order valence-electron chi connectivity index (χ3n) is 4.70. The van der Waals surface area contributed by atoms with Crippen LogP contribution in [0.3, 0.4) is 0 Å². The van der Waals surface area contributed by atoms with Crippen molar-refractivity contribution in [3.05, 3.63) is 65.7 Å². The van der Waals surface area contributed by atoms with Gasteiger partial charge in [-0.1, -0.05) is 49.4 Å². The topological polar surface area (TPSA) is 58.6 Å². The molecule has 1 unspecified atom stereocenters. The maximum Gasteiger partial charge on any atom is 0.242 e. The monoisotopic (exact) mass is 382 g/mol. The van der Waals surface area contributed by atoms with Gasteiger partial charge in [-0.2, -0.15) is 0 Å². The lowest BCUT2D eigenvalue weighted by molar-refractivity contribution is -0.140. The Bertz CT molecular complexity index is 744. The number of carbonyl (C=O) groups is 2. The molecule has 5 nitrogen and oxygen atoms in total. The van der Waals surface area contributed by atoms with Crippen LogP contribution < -0.4 is 10.1 Å². The molecule has 2 amide bonds. The molecule has 0 aliphatic rings. The van der Waals surface area contributed by atoms with Crippen molar-refractivity contribution >= 4 is 11.8 Å². The van der Waals surface area contributed by atoms with Crippen LogP contribution in [0.1, 0.15) is 37.8 Å². The Kier molecular flexibility index (Phi) is 8.53. The lowest BCUT2D eigenvalue weighted by atomic mass is 10.1. The van der Waals surface area contributed by atoms with Crippen LogP contribution in [0.15, 0.2) is 54.6 Å². The van der Waals surface area contributed by atoms with E-state index in [-0.39, 0.29) is 11.8 Å². The van der Waals surface area contributed by atoms with Gasteiger partial charge in [-0.25, -0.2) is 0 Å². The summed E-state index contributed by atoms with van der Waals surface area (Å²) in [6.45, 7) is 4.70. The first-order chi connectivity index (χ1) is 13.5. The Morgan fingerprint density at radius 1 is 1.04 bits per heavy atom. The van der Waals surface area contributed by atoms with E-state index < -0.39 is 6.04 Å². The van der Waals surface area contributed by atoms with Gasteiger partial charge in [0.15, 0.2) is 0 Å². The summed E-state index contributed by atoms with van der Waals surface area (Å²) in [5.74, 6) is 0.625. The van der Waals surface area contributed by atoms with Crippen molar-refractivity contribution in [2.75, 3.05) is 13.7 Å². The van der Waals surface area contributed by atoms with E-state index in [2.05, 4.69) is 5.32 Å². The molecule has 1 atom stereocenters. The number of benzene rings is 2. The molecule has 0 saturated carbocycles. The van der Waals surface area contributed by atoms with Crippen LogP contribution in [-0.4, -0.2) is 36.4 Å². The summed E-state index contributed by atoms with van der Waals surface area (Å²) in [5.41, 5.74) is 2.14. The lowest BCUT2D eigenvalue weighted by Gasteiger charge is -2.29. The molecule has 0 fully saturated rings. The first-order valence-electron chi connectivity index (χ1n) is 9.79. The van der Waals surface area contributed by atoms with Gasteiger partial charge in [0.25, 0.3) is 0 Å². The molecule has 0 aromatic heterocycles. The lowest BCUT2D eigenvalue weighted by Crippen LogP contribution is -2.47. The summed E-state index contributed by atoms with van der Waals surface area (Å²) in [4.78, 5) is 26.9. The molecule has 150 valence electrons. The Morgan fingerprint density at radius 3 is 2.32 bits per heavy atom. The van der Waals surface area contributed by atoms with E-state index in [0.29, 0.717) is 19.5 Å². The van der Waals surface area contributed by atoms with Gasteiger partial charge >= 0.3 is 0 Å². The van der Waals surface area contributed by atoms with E-state index in [4.69, 9.17) is 4.74 Å². The summed E-state index contributed by atoms with van der Waals surface area (Å²) in [6.07, 6.45) is 1.94. The molecule has 2 aromatic carbocycles. The van der Waals surface area contributed by atoms with Crippen LogP contribution in [0.25, 0.3) is 0 Å². The summed E-state index contributed by atoms with van der Waals surface area (Å²) < 4.78 is 5.18. The maximum atomic E-state index is 12.6. The molecule has 2 aromatic rings. The normalized spacial score (nSPS) is 11.5. The predicted octanol–water partition coefficient (Wildman–Crippen LogP) is 3.57. The first kappa shape index (κ1) is 21.5. The van der Waals surface area contributed by atoms with Crippen molar-refractivity contribution in [1.29, 1.82) is 0 Å². The number of ether oxygens (including phenoxy) is 1. The molecule has 2 rings (SSSR count). The highest BCUT2D eigenvalue weighted by molar-refractivity contribution is 5.87. The minimum absolute atomic E-state index is 0.0102. The smallest absolute Gasteiger partial charge is 0.242 e. The van der Waals surface area contributed by atoms with E-state index in [0.717, 1.165) is 24.2 Å². The largest absolute Gasteiger partial charge is 0.497 e. The Hall–Kier alpha value is -2.82. The molecule has 0 bridgehead atoms. The van der Waals surface area contributed by atoms with Gasteiger partial charge < -0.3 is 15.0 Å². The Labute approximate surface area is 167 Å². The van der Waals surface area contributed by atoms with Gasteiger partial charge in [0, 0.05) is 19.5 Å². The third-order valence-corrected chi connectivity index (χ3v) is 4.70. The summed E-state index contributed by atoms with van der Waals surface area (Å²) in [7, 11) is 1.62. The van der Waals surface area contributed by atoms with Crippen molar-refractivity contribution in [2.45, 2.75) is 45.7 Å². The van der Waals surface area contributed by atoms with E-state index in [9.17, 15) is 9.59 Å². The predicted molar refractivity (Wildman–Crippen MR) is 111 cm³/mol. The fourth-order valence-electron chi connectivity index (χ4n) is 2.99. The maximum absolute atomic E-state index is 12.6. The Morgan fingerprint density at radius 2 is 1.71 bits per heavy atom. The van der Waals surface area contributed by atoms with E-state index >= 15 is 0 Å². The average Bonchev–Trinajstić information content (AvgIpc) is 2.72. The minimum atomic E-state index is -0.531. The second-order valence-corrected chi connectivity index (χ2v) is 6.82. The van der Waals surface area contributed by atoms with Crippen LogP contribution in [-0.2, 0) is 22.6 Å². The van der Waals surface area contributed by atoms with Crippen LogP contribution in [0.5, 0.6) is 5.75 Å². The summed E-state index contributed by atoms with van der Waals surface area (Å²) in [6, 6.07) is 17.1. The second kappa shape index (κ2) is 11.1. The summed E-state index contributed by atoms with van der Waals surface area (Å²) >= 11 is 0. The fraction of sp³-hybridized carbons (Fsp3) is 0.391. The third kappa shape index (κ3) is 6.41. The number of amides is 2. The van der Waals surface area contributed by atoms with Crippen molar-refractivity contribution in [3.63, 3.8) is 0 Å². The zero-order valence-electron chi connectivity index (χ0n) is 17.0. The summed E-state index contributed by atoms with van der Waals surface area (Å²) in [5, 5.41) is 2.96. The molecule has 0 saturated heterocycles. The van der Waals surface area contributed by atoms with Crippen LogP contribution >= 0.6 is 0 Å². The molecule has 1 N–H and O–H groups in total. The Balaban J connectivity index is 1.99. The van der Waals surface area contributed by atoms with Crippen molar-refractivity contribution < 1.29 is 14.3 Å².